The second kappa shape index (κ2) is 6.66. The summed E-state index contributed by atoms with van der Waals surface area (Å²) in [4.78, 5) is 10.1. The summed E-state index contributed by atoms with van der Waals surface area (Å²) in [5.41, 5.74) is 0.681. The smallest absolute Gasteiger partial charge is 0.258 e. The third kappa shape index (κ3) is 3.87. The minimum Gasteiger partial charge on any atom is -0.258 e. The fourth-order valence-electron chi connectivity index (χ4n) is 2.10. The van der Waals surface area contributed by atoms with E-state index >= 15 is 0 Å². The highest BCUT2D eigenvalue weighted by molar-refractivity contribution is 7.89. The predicted molar refractivity (Wildman–Crippen MR) is 88.0 cm³/mol. The number of nitrogens with zero attached hydrogens (tertiary/aromatic N) is 1. The first-order valence-electron chi connectivity index (χ1n) is 6.74. The molecule has 23 heavy (non-hydrogen) atoms. The Morgan fingerprint density at radius 1 is 1.22 bits per heavy atom. The van der Waals surface area contributed by atoms with Crippen molar-refractivity contribution < 1.29 is 13.3 Å². The van der Waals surface area contributed by atoms with E-state index in [9.17, 15) is 18.5 Å². The van der Waals surface area contributed by atoms with Gasteiger partial charge in [-0.3, -0.25) is 10.1 Å². The summed E-state index contributed by atoms with van der Waals surface area (Å²) in [6, 6.07) is 10.7. The first-order valence-corrected chi connectivity index (χ1v) is 8.60. The third-order valence-electron chi connectivity index (χ3n) is 3.43. The van der Waals surface area contributed by atoms with Crippen molar-refractivity contribution in [2.24, 2.45) is 0 Å². The van der Waals surface area contributed by atoms with Gasteiger partial charge >= 0.3 is 0 Å². The van der Waals surface area contributed by atoms with Gasteiger partial charge in [-0.1, -0.05) is 41.9 Å². The van der Waals surface area contributed by atoms with E-state index < -0.39 is 21.0 Å². The molecule has 2 aromatic carbocycles. The van der Waals surface area contributed by atoms with Crippen LogP contribution in [0.4, 0.5) is 5.69 Å². The lowest BCUT2D eigenvalue weighted by atomic mass is 10.1. The van der Waals surface area contributed by atoms with Gasteiger partial charge in [0.25, 0.3) is 5.69 Å². The van der Waals surface area contributed by atoms with E-state index in [0.29, 0.717) is 0 Å². The SMILES string of the molecule is Cc1c(Cl)cc(S(=O)(=O)N[C@H](C)c2ccccc2)cc1[N+](=O)[O-]. The molecule has 0 aliphatic heterocycles. The molecule has 0 fully saturated rings. The second-order valence-electron chi connectivity index (χ2n) is 5.06. The normalized spacial score (nSPS) is 12.8. The van der Waals surface area contributed by atoms with Crippen LogP contribution in [0, 0.1) is 17.0 Å². The number of nitrogens with one attached hydrogen (secondary N) is 1. The van der Waals surface area contributed by atoms with Gasteiger partial charge < -0.3 is 0 Å². The van der Waals surface area contributed by atoms with E-state index in [1.54, 1.807) is 31.2 Å². The Hall–Kier alpha value is -1.96. The van der Waals surface area contributed by atoms with Crippen LogP contribution in [0.15, 0.2) is 47.4 Å². The number of rotatable bonds is 5. The summed E-state index contributed by atoms with van der Waals surface area (Å²) in [6.07, 6.45) is 0. The molecule has 2 rings (SSSR count). The first-order chi connectivity index (χ1) is 10.7. The summed E-state index contributed by atoms with van der Waals surface area (Å²) in [5.74, 6) is 0. The van der Waals surface area contributed by atoms with Crippen molar-refractivity contribution in [3.63, 3.8) is 0 Å². The lowest BCUT2D eigenvalue weighted by molar-refractivity contribution is -0.385. The van der Waals surface area contributed by atoms with E-state index in [1.807, 2.05) is 6.07 Å². The summed E-state index contributed by atoms with van der Waals surface area (Å²) in [5, 5.41) is 11.1. The van der Waals surface area contributed by atoms with Crippen LogP contribution >= 0.6 is 11.6 Å². The number of nitro benzene ring substituents is 1. The molecule has 0 unspecified atom stereocenters. The maximum Gasteiger partial charge on any atom is 0.275 e. The molecule has 122 valence electrons. The Kier molecular flexibility index (Phi) is 5.03. The fraction of sp³-hybridized carbons (Fsp3) is 0.200. The van der Waals surface area contributed by atoms with E-state index in [-0.39, 0.29) is 21.2 Å². The van der Waals surface area contributed by atoms with Crippen LogP contribution in [0.5, 0.6) is 0 Å². The first kappa shape index (κ1) is 17.4. The molecule has 1 N–H and O–H groups in total. The minimum atomic E-state index is -3.94. The van der Waals surface area contributed by atoms with Crippen molar-refractivity contribution in [2.75, 3.05) is 0 Å². The Balaban J connectivity index is 2.39. The van der Waals surface area contributed by atoms with Crippen LogP contribution in [0.2, 0.25) is 5.02 Å². The van der Waals surface area contributed by atoms with Crippen molar-refractivity contribution in [1.29, 1.82) is 0 Å². The number of halogens is 1. The average molecular weight is 355 g/mol. The monoisotopic (exact) mass is 354 g/mol. The number of nitro groups is 1. The average Bonchev–Trinajstić information content (AvgIpc) is 2.49. The molecular weight excluding hydrogens is 340 g/mol. The molecule has 0 amide bonds. The second-order valence-corrected chi connectivity index (χ2v) is 7.18. The van der Waals surface area contributed by atoms with Crippen molar-refractivity contribution >= 4 is 27.3 Å². The predicted octanol–water partition coefficient (Wildman–Crippen LogP) is 3.60. The van der Waals surface area contributed by atoms with Gasteiger partial charge in [-0.2, -0.15) is 0 Å². The van der Waals surface area contributed by atoms with Gasteiger partial charge in [-0.05, 0) is 25.5 Å². The highest BCUT2D eigenvalue weighted by Gasteiger charge is 2.24. The van der Waals surface area contributed by atoms with Gasteiger partial charge in [-0.25, -0.2) is 13.1 Å². The summed E-state index contributed by atoms with van der Waals surface area (Å²) in [6.45, 7) is 3.16. The Morgan fingerprint density at radius 2 is 1.83 bits per heavy atom. The van der Waals surface area contributed by atoms with E-state index in [2.05, 4.69) is 4.72 Å². The van der Waals surface area contributed by atoms with Gasteiger partial charge in [0.15, 0.2) is 0 Å². The molecule has 0 spiro atoms. The molecule has 6 nitrogen and oxygen atoms in total. The topological polar surface area (TPSA) is 89.3 Å². The maximum atomic E-state index is 12.5. The molecule has 0 radical (unpaired) electrons. The van der Waals surface area contributed by atoms with Gasteiger partial charge in [0.2, 0.25) is 10.0 Å². The molecule has 0 aromatic heterocycles. The molecule has 2 aromatic rings. The van der Waals surface area contributed by atoms with Crippen LogP contribution in [-0.4, -0.2) is 13.3 Å². The maximum absolute atomic E-state index is 12.5. The minimum absolute atomic E-state index is 0.0342. The lowest BCUT2D eigenvalue weighted by Gasteiger charge is -2.15. The summed E-state index contributed by atoms with van der Waals surface area (Å²) in [7, 11) is -3.94. The Bertz CT molecular complexity index is 838. The molecule has 0 heterocycles. The quantitative estimate of drug-likeness (QED) is 0.656. The highest BCUT2D eigenvalue weighted by atomic mass is 35.5. The van der Waals surface area contributed by atoms with E-state index in [1.165, 1.54) is 13.0 Å². The van der Waals surface area contributed by atoms with Crippen molar-refractivity contribution in [3.05, 3.63) is 68.7 Å². The summed E-state index contributed by atoms with van der Waals surface area (Å²) < 4.78 is 27.4. The van der Waals surface area contributed by atoms with Gasteiger partial charge in [0.05, 0.1) is 14.8 Å². The lowest BCUT2D eigenvalue weighted by Crippen LogP contribution is -2.27. The van der Waals surface area contributed by atoms with Gasteiger partial charge in [0.1, 0.15) is 0 Å². The molecule has 0 saturated carbocycles. The zero-order valence-electron chi connectivity index (χ0n) is 12.5. The zero-order valence-corrected chi connectivity index (χ0v) is 14.1. The van der Waals surface area contributed by atoms with Crippen LogP contribution in [0.1, 0.15) is 24.1 Å². The van der Waals surface area contributed by atoms with Crippen molar-refractivity contribution in [1.82, 2.24) is 4.72 Å². The molecular formula is C15H15ClN2O4S. The van der Waals surface area contributed by atoms with Crippen LogP contribution < -0.4 is 4.72 Å². The van der Waals surface area contributed by atoms with E-state index in [0.717, 1.165) is 11.6 Å². The largest absolute Gasteiger partial charge is 0.275 e. The fourth-order valence-corrected chi connectivity index (χ4v) is 3.65. The van der Waals surface area contributed by atoms with Crippen molar-refractivity contribution in [2.45, 2.75) is 24.8 Å². The molecule has 0 bridgehead atoms. The molecule has 0 aliphatic rings. The van der Waals surface area contributed by atoms with Crippen LogP contribution in [0.3, 0.4) is 0 Å². The molecule has 1 atom stereocenters. The number of sulfonamides is 1. The molecule has 0 aliphatic carbocycles. The third-order valence-corrected chi connectivity index (χ3v) is 5.34. The Labute approximate surface area is 139 Å². The van der Waals surface area contributed by atoms with Gasteiger partial charge in [0, 0.05) is 17.7 Å². The van der Waals surface area contributed by atoms with Crippen molar-refractivity contribution in [3.8, 4) is 0 Å². The molecule has 0 saturated heterocycles. The standard InChI is InChI=1S/C15H15ClN2O4S/c1-10-14(16)8-13(9-15(10)18(19)20)23(21,22)17-11(2)12-6-4-3-5-7-12/h3-9,11,17H,1-2H3/t11-/m1/s1. The molecule has 8 heteroatoms. The number of benzene rings is 2. The van der Waals surface area contributed by atoms with Crippen LogP contribution in [-0.2, 0) is 10.0 Å². The highest BCUT2D eigenvalue weighted by Crippen LogP contribution is 2.30. The van der Waals surface area contributed by atoms with E-state index in [4.69, 9.17) is 11.6 Å². The Morgan fingerprint density at radius 3 is 2.39 bits per heavy atom. The number of hydrogen-bond acceptors (Lipinski definition) is 4. The summed E-state index contributed by atoms with van der Waals surface area (Å²) >= 11 is 5.93. The number of hydrogen-bond donors (Lipinski definition) is 1. The van der Waals surface area contributed by atoms with Gasteiger partial charge in [-0.15, -0.1) is 0 Å². The zero-order chi connectivity index (χ0) is 17.2. The van der Waals surface area contributed by atoms with Crippen LogP contribution in [0.25, 0.3) is 0 Å².